The van der Waals surface area contributed by atoms with Gasteiger partial charge in [-0.3, -0.25) is 4.79 Å². The molecule has 76 valence electrons. The van der Waals surface area contributed by atoms with Gasteiger partial charge in [0.15, 0.2) is 5.84 Å². The minimum atomic E-state index is -0.689. The Kier molecular flexibility index (Phi) is 2.28. The van der Waals surface area contributed by atoms with Crippen LogP contribution in [-0.4, -0.2) is 26.5 Å². The number of carbonyl (C=O) groups excluding carboxylic acids is 1. The summed E-state index contributed by atoms with van der Waals surface area (Å²) in [6, 6.07) is 0. The Labute approximate surface area is 84.5 Å². The standard InChI is InChI=1S/C8H7N5O2/c9-7(14)8-10-5-13(11-8)6-3-1-2-4-15-12-6/h1-5H,(H2,9,14). The van der Waals surface area contributed by atoms with Gasteiger partial charge < -0.3 is 10.6 Å². The molecule has 1 amide bonds. The molecule has 0 fully saturated rings. The van der Waals surface area contributed by atoms with Crippen molar-refractivity contribution in [2.24, 2.45) is 10.9 Å². The number of nitrogens with zero attached hydrogens (tertiary/aromatic N) is 4. The van der Waals surface area contributed by atoms with Crippen molar-refractivity contribution in [3.63, 3.8) is 0 Å². The van der Waals surface area contributed by atoms with Gasteiger partial charge in [0.1, 0.15) is 12.6 Å². The second-order valence-electron chi connectivity index (χ2n) is 2.62. The predicted octanol–water partition coefficient (Wildman–Crippen LogP) is -0.361. The molecule has 1 aliphatic heterocycles. The van der Waals surface area contributed by atoms with Crippen LogP contribution < -0.4 is 5.73 Å². The van der Waals surface area contributed by atoms with Gasteiger partial charge in [-0.25, -0.2) is 4.98 Å². The van der Waals surface area contributed by atoms with Crippen LogP contribution in [0.4, 0.5) is 0 Å². The second kappa shape index (κ2) is 3.74. The van der Waals surface area contributed by atoms with Crippen molar-refractivity contribution >= 4 is 11.7 Å². The molecule has 7 heteroatoms. The van der Waals surface area contributed by atoms with E-state index in [0.29, 0.717) is 5.84 Å². The van der Waals surface area contributed by atoms with E-state index in [9.17, 15) is 4.79 Å². The first-order chi connectivity index (χ1) is 7.27. The highest BCUT2D eigenvalue weighted by atomic mass is 16.6. The highest BCUT2D eigenvalue weighted by Gasteiger charge is 2.09. The lowest BCUT2D eigenvalue weighted by Crippen LogP contribution is -2.15. The molecule has 0 radical (unpaired) electrons. The normalized spacial score (nSPS) is 14.3. The van der Waals surface area contributed by atoms with E-state index in [0.717, 1.165) is 0 Å². The smallest absolute Gasteiger partial charge is 0.288 e. The SMILES string of the molecule is NC(=O)c1ncn(C2=NOC=CC=C2)n1. The van der Waals surface area contributed by atoms with Gasteiger partial charge in [0.25, 0.3) is 5.91 Å². The summed E-state index contributed by atoms with van der Waals surface area (Å²) in [5.41, 5.74) is 5.01. The summed E-state index contributed by atoms with van der Waals surface area (Å²) >= 11 is 0. The molecule has 2 heterocycles. The quantitative estimate of drug-likeness (QED) is 0.677. The van der Waals surface area contributed by atoms with E-state index in [-0.39, 0.29) is 5.82 Å². The number of hydrogen-bond acceptors (Lipinski definition) is 5. The van der Waals surface area contributed by atoms with Gasteiger partial charge in [-0.05, 0) is 12.2 Å². The third-order valence-electron chi connectivity index (χ3n) is 1.59. The molecule has 0 spiro atoms. The average Bonchev–Trinajstić information content (AvgIpc) is 2.55. The number of primary amides is 1. The zero-order valence-electron chi connectivity index (χ0n) is 7.57. The zero-order valence-corrected chi connectivity index (χ0v) is 7.57. The van der Waals surface area contributed by atoms with Crippen LogP contribution in [0.3, 0.4) is 0 Å². The lowest BCUT2D eigenvalue weighted by atomic mass is 10.4. The minimum Gasteiger partial charge on any atom is -0.363 e. The number of carbonyl (C=O) groups is 1. The van der Waals surface area contributed by atoms with Crippen molar-refractivity contribution in [2.45, 2.75) is 0 Å². The van der Waals surface area contributed by atoms with Gasteiger partial charge in [-0.1, -0.05) is 11.2 Å². The summed E-state index contributed by atoms with van der Waals surface area (Å²) in [6.07, 6.45) is 7.79. The van der Waals surface area contributed by atoms with Crippen molar-refractivity contribution < 1.29 is 9.63 Å². The van der Waals surface area contributed by atoms with Crippen LogP contribution in [0.2, 0.25) is 0 Å². The first kappa shape index (κ1) is 9.13. The minimum absolute atomic E-state index is 0.0664. The number of nitrogens with two attached hydrogens (primary N) is 1. The topological polar surface area (TPSA) is 95.4 Å². The molecule has 0 saturated heterocycles. The monoisotopic (exact) mass is 205 g/mol. The molecule has 1 aromatic rings. The fraction of sp³-hybridized carbons (Fsp3) is 0. The van der Waals surface area contributed by atoms with E-state index in [1.165, 1.54) is 17.3 Å². The van der Waals surface area contributed by atoms with Gasteiger partial charge >= 0.3 is 0 Å². The summed E-state index contributed by atoms with van der Waals surface area (Å²) in [5, 5.41) is 7.53. The largest absolute Gasteiger partial charge is 0.363 e. The molecule has 0 bridgehead atoms. The average molecular weight is 205 g/mol. The van der Waals surface area contributed by atoms with Crippen molar-refractivity contribution in [3.05, 3.63) is 36.6 Å². The van der Waals surface area contributed by atoms with E-state index in [2.05, 4.69) is 15.2 Å². The highest BCUT2D eigenvalue weighted by Crippen LogP contribution is 1.96. The second-order valence-corrected chi connectivity index (χ2v) is 2.62. The van der Waals surface area contributed by atoms with Crippen molar-refractivity contribution in [3.8, 4) is 0 Å². The van der Waals surface area contributed by atoms with E-state index in [1.54, 1.807) is 18.2 Å². The molecule has 2 rings (SSSR count). The molecule has 2 N–H and O–H groups in total. The summed E-state index contributed by atoms with van der Waals surface area (Å²) in [5.74, 6) is -0.352. The first-order valence-electron chi connectivity index (χ1n) is 4.06. The summed E-state index contributed by atoms with van der Waals surface area (Å²) in [6.45, 7) is 0. The Balaban J connectivity index is 2.29. The van der Waals surface area contributed by atoms with Crippen LogP contribution in [0.15, 0.2) is 36.0 Å². The van der Waals surface area contributed by atoms with E-state index in [1.807, 2.05) is 0 Å². The Morgan fingerprint density at radius 2 is 2.33 bits per heavy atom. The Bertz CT molecular complexity index is 471. The van der Waals surface area contributed by atoms with Crippen LogP contribution in [0, 0.1) is 0 Å². The summed E-state index contributed by atoms with van der Waals surface area (Å²) in [7, 11) is 0. The number of rotatable bonds is 1. The third kappa shape index (κ3) is 1.90. The van der Waals surface area contributed by atoms with Crippen molar-refractivity contribution in [1.29, 1.82) is 0 Å². The number of hydrogen-bond donors (Lipinski definition) is 1. The molecular weight excluding hydrogens is 198 g/mol. The van der Waals surface area contributed by atoms with Crippen LogP contribution in [0.5, 0.6) is 0 Å². The highest BCUT2D eigenvalue weighted by molar-refractivity contribution is 5.95. The molecule has 1 aliphatic rings. The van der Waals surface area contributed by atoms with Gasteiger partial charge in [0.2, 0.25) is 5.82 Å². The van der Waals surface area contributed by atoms with Gasteiger partial charge in [-0.15, -0.1) is 5.10 Å². The van der Waals surface area contributed by atoms with E-state index in [4.69, 9.17) is 10.6 Å². The molecule has 1 aromatic heterocycles. The Hall–Kier alpha value is -2.44. The van der Waals surface area contributed by atoms with Gasteiger partial charge in [0.05, 0.1) is 0 Å². The number of allylic oxidation sites excluding steroid dienone is 3. The van der Waals surface area contributed by atoms with Gasteiger partial charge in [0, 0.05) is 0 Å². The third-order valence-corrected chi connectivity index (χ3v) is 1.59. The fourth-order valence-electron chi connectivity index (χ4n) is 0.942. The van der Waals surface area contributed by atoms with E-state index >= 15 is 0 Å². The summed E-state index contributed by atoms with van der Waals surface area (Å²) in [4.78, 5) is 19.2. The van der Waals surface area contributed by atoms with Crippen molar-refractivity contribution in [1.82, 2.24) is 14.8 Å². The maximum Gasteiger partial charge on any atom is 0.288 e. The summed E-state index contributed by atoms with van der Waals surface area (Å²) < 4.78 is 1.30. The molecule has 7 nitrogen and oxygen atoms in total. The maximum atomic E-state index is 10.7. The number of amides is 1. The fourth-order valence-corrected chi connectivity index (χ4v) is 0.942. The molecule has 0 aromatic carbocycles. The lowest BCUT2D eigenvalue weighted by molar-refractivity contribution is 0.0990. The predicted molar refractivity (Wildman–Crippen MR) is 50.7 cm³/mol. The first-order valence-corrected chi connectivity index (χ1v) is 4.06. The van der Waals surface area contributed by atoms with Crippen LogP contribution in [0.25, 0.3) is 0 Å². The van der Waals surface area contributed by atoms with Crippen LogP contribution >= 0.6 is 0 Å². The molecule has 0 saturated carbocycles. The molecule has 0 unspecified atom stereocenters. The molecule has 0 atom stereocenters. The Morgan fingerprint density at radius 3 is 3.07 bits per heavy atom. The zero-order chi connectivity index (χ0) is 10.7. The molecule has 0 aliphatic carbocycles. The van der Waals surface area contributed by atoms with Gasteiger partial charge in [-0.2, -0.15) is 4.68 Å². The van der Waals surface area contributed by atoms with Crippen molar-refractivity contribution in [2.75, 3.05) is 0 Å². The van der Waals surface area contributed by atoms with Crippen LogP contribution in [-0.2, 0) is 4.84 Å². The lowest BCUT2D eigenvalue weighted by Gasteiger charge is -1.96. The Morgan fingerprint density at radius 1 is 1.47 bits per heavy atom. The molecule has 15 heavy (non-hydrogen) atoms. The number of aromatic nitrogens is 3. The maximum absolute atomic E-state index is 10.7. The van der Waals surface area contributed by atoms with Crippen LogP contribution in [0.1, 0.15) is 10.6 Å². The van der Waals surface area contributed by atoms with E-state index < -0.39 is 5.91 Å². The molecular formula is C8H7N5O2. The number of oxime groups is 1.